The average molecular weight is 541 g/mol. The van der Waals surface area contributed by atoms with Gasteiger partial charge < -0.3 is 9.16 Å². The molecule has 3 aromatic rings. The molecule has 0 heterocycles. The molecule has 8 heteroatoms. The zero-order valence-electron chi connectivity index (χ0n) is 22.4. The number of amides is 1. The number of terminal acetylenes is 2. The molecule has 0 aliphatic heterocycles. The van der Waals surface area contributed by atoms with Crippen LogP contribution in [0, 0.1) is 34.8 Å². The molecule has 0 bridgehead atoms. The highest BCUT2D eigenvalue weighted by Crippen LogP contribution is 2.37. The van der Waals surface area contributed by atoms with Crippen molar-refractivity contribution >= 4 is 30.5 Å². The molecule has 0 radical (unpaired) electrons. The van der Waals surface area contributed by atoms with Crippen molar-refractivity contribution in [3.05, 3.63) is 100 Å². The van der Waals surface area contributed by atoms with Gasteiger partial charge in [-0.25, -0.2) is 4.79 Å². The fourth-order valence-corrected chi connectivity index (χ4v) is 9.18. The first kappa shape index (κ1) is 29.2. The van der Waals surface area contributed by atoms with E-state index in [4.69, 9.17) is 22.0 Å². The molecule has 1 amide bonds. The normalized spacial score (nSPS) is 11.2. The molecule has 0 saturated carbocycles. The topological polar surface area (TPSA) is 81.9 Å². The summed E-state index contributed by atoms with van der Waals surface area (Å²) in [7, 11) is -2.88. The maximum absolute atomic E-state index is 12.6. The molecule has 0 atom stereocenters. The van der Waals surface area contributed by atoms with Crippen LogP contribution < -0.4 is 10.4 Å². The quantitative estimate of drug-likeness (QED) is 0.159. The van der Waals surface area contributed by atoms with Gasteiger partial charge in [0, 0.05) is 12.1 Å². The molecule has 0 N–H and O–H groups in total. The van der Waals surface area contributed by atoms with Gasteiger partial charge >= 0.3 is 6.09 Å². The van der Waals surface area contributed by atoms with E-state index in [-0.39, 0.29) is 37.0 Å². The molecular weight excluding hydrogens is 508 g/mol. The second-order valence-corrected chi connectivity index (χ2v) is 14.3. The van der Waals surface area contributed by atoms with Crippen LogP contribution in [0.15, 0.2) is 78.9 Å². The van der Waals surface area contributed by atoms with Crippen molar-refractivity contribution < 1.29 is 18.9 Å². The fourth-order valence-electron chi connectivity index (χ4n) is 4.66. The highest BCUT2D eigenvalue weighted by atomic mass is 28.4. The lowest BCUT2D eigenvalue weighted by Gasteiger charge is -2.43. The van der Waals surface area contributed by atoms with Crippen molar-refractivity contribution in [1.29, 1.82) is 0 Å². The number of nitrogens with zero attached hydrogens (tertiary/aromatic N) is 2. The Balaban J connectivity index is 2.08. The summed E-state index contributed by atoms with van der Waals surface area (Å²) in [5.41, 5.74) is 1.15. The van der Waals surface area contributed by atoms with Crippen LogP contribution >= 0.6 is 0 Å². The van der Waals surface area contributed by atoms with E-state index in [0.29, 0.717) is 11.1 Å². The largest absolute Gasteiger partial charge is 0.436 e. The molecule has 0 spiro atoms. The Labute approximate surface area is 231 Å². The summed E-state index contributed by atoms with van der Waals surface area (Å²) in [6, 6.07) is 24.9. The fraction of sp³-hybridized carbons (Fsp3) is 0.258. The highest BCUT2D eigenvalue weighted by Gasteiger charge is 2.50. The van der Waals surface area contributed by atoms with Crippen LogP contribution in [-0.4, -0.2) is 37.4 Å². The summed E-state index contributed by atoms with van der Waals surface area (Å²) >= 11 is 0. The summed E-state index contributed by atoms with van der Waals surface area (Å²) < 4.78 is 12.1. The molecule has 7 nitrogen and oxygen atoms in total. The summed E-state index contributed by atoms with van der Waals surface area (Å²) in [4.78, 5) is 25.0. The number of rotatable bonds is 10. The van der Waals surface area contributed by atoms with Gasteiger partial charge in [0.25, 0.3) is 14.0 Å². The van der Waals surface area contributed by atoms with E-state index in [1.165, 1.54) is 17.0 Å². The molecule has 3 rings (SSSR count). The van der Waals surface area contributed by atoms with Crippen LogP contribution in [0.1, 0.15) is 31.9 Å². The van der Waals surface area contributed by atoms with E-state index < -0.39 is 19.3 Å². The van der Waals surface area contributed by atoms with Crippen LogP contribution in [0.25, 0.3) is 0 Å². The van der Waals surface area contributed by atoms with Crippen molar-refractivity contribution in [2.75, 3.05) is 13.2 Å². The van der Waals surface area contributed by atoms with Crippen LogP contribution in [0.2, 0.25) is 5.04 Å². The maximum Gasteiger partial charge on any atom is 0.411 e. The Hall–Kier alpha value is -4.37. The van der Waals surface area contributed by atoms with Gasteiger partial charge in [0.2, 0.25) is 0 Å². The van der Waals surface area contributed by atoms with Gasteiger partial charge in [-0.3, -0.25) is 15.0 Å². The van der Waals surface area contributed by atoms with Crippen LogP contribution in [0.3, 0.4) is 0 Å². The first-order chi connectivity index (χ1) is 18.6. The SMILES string of the molecule is C#CCOC(=O)N(CC#C)Cc1cc([N+](=O)[O-])ccc1CO[Si](c1ccccc1)(c1ccccc1)C(C)(C)C. The van der Waals surface area contributed by atoms with Crippen molar-refractivity contribution in [1.82, 2.24) is 4.90 Å². The number of hydrogen-bond donors (Lipinski definition) is 0. The number of carbonyl (C=O) groups is 1. The second-order valence-electron chi connectivity index (χ2n) is 9.98. The first-order valence-electron chi connectivity index (χ1n) is 12.4. The molecule has 39 heavy (non-hydrogen) atoms. The molecule has 3 aromatic carbocycles. The monoisotopic (exact) mass is 540 g/mol. The Kier molecular flexibility index (Phi) is 9.67. The van der Waals surface area contributed by atoms with E-state index in [2.05, 4.69) is 56.9 Å². The highest BCUT2D eigenvalue weighted by molar-refractivity contribution is 6.99. The van der Waals surface area contributed by atoms with E-state index in [1.54, 1.807) is 6.07 Å². The Morgan fingerprint density at radius 2 is 1.54 bits per heavy atom. The van der Waals surface area contributed by atoms with E-state index >= 15 is 0 Å². The minimum absolute atomic E-state index is 0.00523. The lowest BCUT2D eigenvalue weighted by molar-refractivity contribution is -0.384. The molecule has 0 unspecified atom stereocenters. The predicted octanol–water partition coefficient (Wildman–Crippen LogP) is 4.88. The van der Waals surface area contributed by atoms with Crippen LogP contribution in [0.5, 0.6) is 0 Å². The number of hydrogen-bond acceptors (Lipinski definition) is 5. The van der Waals surface area contributed by atoms with Gasteiger partial charge in [0.1, 0.15) is 0 Å². The van der Waals surface area contributed by atoms with E-state index in [1.807, 2.05) is 36.4 Å². The summed E-state index contributed by atoms with van der Waals surface area (Å²) in [6.07, 6.45) is 10.0. The molecule has 0 saturated heterocycles. The number of benzene rings is 3. The third-order valence-corrected chi connectivity index (χ3v) is 11.4. The van der Waals surface area contributed by atoms with Gasteiger partial charge in [-0.2, -0.15) is 0 Å². The summed E-state index contributed by atoms with van der Waals surface area (Å²) in [6.45, 7) is 6.42. The van der Waals surface area contributed by atoms with Gasteiger partial charge in [-0.1, -0.05) is 93.3 Å². The Morgan fingerprint density at radius 3 is 2.03 bits per heavy atom. The van der Waals surface area contributed by atoms with Crippen molar-refractivity contribution in [2.24, 2.45) is 0 Å². The lowest BCUT2D eigenvalue weighted by atomic mass is 10.1. The Bertz CT molecular complexity index is 1330. The van der Waals surface area contributed by atoms with Gasteiger partial charge in [0.15, 0.2) is 6.61 Å². The zero-order valence-corrected chi connectivity index (χ0v) is 23.4. The van der Waals surface area contributed by atoms with Crippen molar-refractivity contribution in [3.8, 4) is 24.7 Å². The number of nitro groups is 1. The smallest absolute Gasteiger partial charge is 0.411 e. The molecule has 0 aromatic heterocycles. The molecule has 200 valence electrons. The van der Waals surface area contributed by atoms with Crippen molar-refractivity contribution in [3.63, 3.8) is 0 Å². The molecule has 0 aliphatic rings. The van der Waals surface area contributed by atoms with Gasteiger partial charge in [-0.15, -0.1) is 12.8 Å². The summed E-state index contributed by atoms with van der Waals surface area (Å²) in [5, 5.41) is 13.6. The summed E-state index contributed by atoms with van der Waals surface area (Å²) in [5.74, 6) is 4.69. The maximum atomic E-state index is 12.6. The third-order valence-electron chi connectivity index (χ3n) is 6.44. The molecule has 0 aliphatic carbocycles. The number of non-ortho nitro benzene ring substituents is 1. The minimum atomic E-state index is -2.88. The standard InChI is InChI=1S/C31H32N2O5Si/c1-6-20-32(30(34)37-21-7-2)23-26-22-27(33(35)36)19-18-25(26)24-38-39(31(3,4)5,28-14-10-8-11-15-28)29-16-12-9-13-17-29/h1-2,8-19,22H,20-21,23-24H2,3-5H3. The lowest BCUT2D eigenvalue weighted by Crippen LogP contribution is -2.66. The van der Waals surface area contributed by atoms with E-state index in [0.717, 1.165) is 10.4 Å². The van der Waals surface area contributed by atoms with Gasteiger partial charge in [-0.05, 0) is 32.6 Å². The molecule has 0 fully saturated rings. The first-order valence-corrected chi connectivity index (χ1v) is 14.3. The Morgan fingerprint density at radius 1 is 0.949 bits per heavy atom. The number of ether oxygens (including phenoxy) is 1. The predicted molar refractivity (Wildman–Crippen MR) is 155 cm³/mol. The number of carbonyl (C=O) groups excluding carboxylic acids is 1. The minimum Gasteiger partial charge on any atom is -0.436 e. The average Bonchev–Trinajstić information content (AvgIpc) is 2.92. The van der Waals surface area contributed by atoms with Crippen LogP contribution in [0.4, 0.5) is 10.5 Å². The second kappa shape index (κ2) is 12.9. The van der Waals surface area contributed by atoms with Crippen molar-refractivity contribution in [2.45, 2.75) is 39.0 Å². The number of nitro benzene ring substituents is 1. The zero-order chi connectivity index (χ0) is 28.5. The molecular formula is C31H32N2O5Si. The van der Waals surface area contributed by atoms with E-state index in [9.17, 15) is 14.9 Å². The van der Waals surface area contributed by atoms with Crippen LogP contribution in [-0.2, 0) is 22.3 Å². The third kappa shape index (κ3) is 6.74. The van der Waals surface area contributed by atoms with Gasteiger partial charge in [0.05, 0.1) is 24.6 Å².